The van der Waals surface area contributed by atoms with Crippen LogP contribution in [0.3, 0.4) is 0 Å². The number of aliphatic carboxylic acids is 1. The second-order valence-electron chi connectivity index (χ2n) is 2.91. The molecule has 1 heterocycles. The molecule has 0 saturated carbocycles. The number of hydrogen-bond donors (Lipinski definition) is 1. The molecule has 6 heteroatoms. The molecule has 0 aromatic rings. The SMILES string of the molecule is C=C(CN1CCCS1(=O)=O)C(=O)O. The molecule has 1 aliphatic rings. The van der Waals surface area contributed by atoms with Gasteiger partial charge in [0.1, 0.15) is 0 Å². The molecule has 0 aromatic heterocycles. The van der Waals surface area contributed by atoms with E-state index >= 15 is 0 Å². The first kappa shape index (κ1) is 10.2. The summed E-state index contributed by atoms with van der Waals surface area (Å²) in [5.74, 6) is -1.04. The third-order valence-electron chi connectivity index (χ3n) is 1.87. The van der Waals surface area contributed by atoms with Gasteiger partial charge < -0.3 is 5.11 Å². The average Bonchev–Trinajstić information content (AvgIpc) is 2.30. The van der Waals surface area contributed by atoms with E-state index in [4.69, 9.17) is 5.11 Å². The summed E-state index contributed by atoms with van der Waals surface area (Å²) in [6, 6.07) is 0. The number of carbonyl (C=O) groups is 1. The van der Waals surface area contributed by atoms with Crippen molar-refractivity contribution in [1.82, 2.24) is 4.31 Å². The Bertz CT molecular complexity index is 332. The quantitative estimate of drug-likeness (QED) is 0.640. The van der Waals surface area contributed by atoms with Crippen molar-refractivity contribution in [2.45, 2.75) is 6.42 Å². The van der Waals surface area contributed by atoms with Gasteiger partial charge in [-0.2, -0.15) is 4.31 Å². The normalized spacial score (nSPS) is 21.5. The molecule has 0 radical (unpaired) electrons. The molecule has 1 N–H and O–H groups in total. The number of hydrogen-bond acceptors (Lipinski definition) is 3. The first-order valence-electron chi connectivity index (χ1n) is 3.82. The van der Waals surface area contributed by atoms with Crippen LogP contribution in [0.5, 0.6) is 0 Å². The number of nitrogens with zero attached hydrogens (tertiary/aromatic N) is 1. The summed E-state index contributed by atoms with van der Waals surface area (Å²) in [7, 11) is -3.21. The number of carboxylic acid groups (broad SMARTS) is 1. The zero-order valence-electron chi connectivity index (χ0n) is 7.06. The molecule has 13 heavy (non-hydrogen) atoms. The Balaban J connectivity index is 2.65. The van der Waals surface area contributed by atoms with Gasteiger partial charge >= 0.3 is 5.97 Å². The summed E-state index contributed by atoms with van der Waals surface area (Å²) in [4.78, 5) is 10.4. The lowest BCUT2D eigenvalue weighted by Gasteiger charge is -2.13. The van der Waals surface area contributed by atoms with Crippen molar-refractivity contribution in [2.75, 3.05) is 18.8 Å². The third kappa shape index (κ3) is 2.28. The van der Waals surface area contributed by atoms with E-state index in [9.17, 15) is 13.2 Å². The molecule has 1 aliphatic heterocycles. The zero-order valence-corrected chi connectivity index (χ0v) is 7.88. The number of rotatable bonds is 3. The minimum atomic E-state index is -3.21. The Morgan fingerprint density at radius 2 is 2.15 bits per heavy atom. The zero-order chi connectivity index (χ0) is 10.1. The van der Waals surface area contributed by atoms with Crippen molar-refractivity contribution < 1.29 is 18.3 Å². The molecule has 1 saturated heterocycles. The van der Waals surface area contributed by atoms with Crippen LogP contribution in [0.4, 0.5) is 0 Å². The summed E-state index contributed by atoms with van der Waals surface area (Å²) < 4.78 is 23.6. The first-order valence-corrected chi connectivity index (χ1v) is 5.43. The molecule has 74 valence electrons. The van der Waals surface area contributed by atoms with Crippen LogP contribution in [0.15, 0.2) is 12.2 Å². The maximum Gasteiger partial charge on any atom is 0.332 e. The minimum Gasteiger partial charge on any atom is -0.478 e. The van der Waals surface area contributed by atoms with Gasteiger partial charge in [0, 0.05) is 18.7 Å². The van der Waals surface area contributed by atoms with Gasteiger partial charge in [-0.3, -0.25) is 0 Å². The maximum absolute atomic E-state index is 11.2. The fourth-order valence-electron chi connectivity index (χ4n) is 1.15. The molecular weight excluding hydrogens is 194 g/mol. The second-order valence-corrected chi connectivity index (χ2v) is 5.00. The van der Waals surface area contributed by atoms with Crippen LogP contribution in [0.25, 0.3) is 0 Å². The molecule has 0 spiro atoms. The number of carboxylic acids is 1. The third-order valence-corrected chi connectivity index (χ3v) is 3.78. The van der Waals surface area contributed by atoms with Crippen LogP contribution in [-0.2, 0) is 14.8 Å². The van der Waals surface area contributed by atoms with E-state index in [1.165, 1.54) is 0 Å². The van der Waals surface area contributed by atoms with Crippen LogP contribution in [0.1, 0.15) is 6.42 Å². The Kier molecular flexibility index (Phi) is 2.72. The lowest BCUT2D eigenvalue weighted by atomic mass is 10.3. The molecule has 0 amide bonds. The van der Waals surface area contributed by atoms with Crippen LogP contribution >= 0.6 is 0 Å². The molecule has 5 nitrogen and oxygen atoms in total. The Morgan fingerprint density at radius 1 is 1.54 bits per heavy atom. The molecule has 0 atom stereocenters. The van der Waals surface area contributed by atoms with Crippen molar-refractivity contribution in [2.24, 2.45) is 0 Å². The lowest BCUT2D eigenvalue weighted by Crippen LogP contribution is -2.29. The summed E-state index contributed by atoms with van der Waals surface area (Å²) in [6.07, 6.45) is 0.565. The van der Waals surface area contributed by atoms with Gasteiger partial charge in [0.05, 0.1) is 5.75 Å². The number of sulfonamides is 1. The summed E-state index contributed by atoms with van der Waals surface area (Å²) in [6.45, 7) is 3.58. The molecule has 1 fully saturated rings. The van der Waals surface area contributed by atoms with Crippen molar-refractivity contribution in [3.05, 3.63) is 12.2 Å². The smallest absolute Gasteiger partial charge is 0.332 e. The van der Waals surface area contributed by atoms with E-state index in [1.807, 2.05) is 0 Å². The van der Waals surface area contributed by atoms with E-state index in [0.717, 1.165) is 4.31 Å². The van der Waals surface area contributed by atoms with Gasteiger partial charge in [0.2, 0.25) is 10.0 Å². The van der Waals surface area contributed by atoms with Crippen molar-refractivity contribution >= 4 is 16.0 Å². The highest BCUT2D eigenvalue weighted by Gasteiger charge is 2.29. The maximum atomic E-state index is 11.2. The first-order chi connectivity index (χ1) is 5.93. The summed E-state index contributed by atoms with van der Waals surface area (Å²) in [5, 5.41) is 8.49. The van der Waals surface area contributed by atoms with Crippen LogP contribution in [-0.4, -0.2) is 42.6 Å². The predicted octanol–water partition coefficient (Wildman–Crippen LogP) is -0.337. The highest BCUT2D eigenvalue weighted by atomic mass is 32.2. The molecule has 0 unspecified atom stereocenters. The van der Waals surface area contributed by atoms with Crippen molar-refractivity contribution in [3.8, 4) is 0 Å². The highest BCUT2D eigenvalue weighted by molar-refractivity contribution is 7.89. The molecular formula is C7H11NO4S. The fraction of sp³-hybridized carbons (Fsp3) is 0.571. The monoisotopic (exact) mass is 205 g/mol. The van der Waals surface area contributed by atoms with Crippen LogP contribution in [0.2, 0.25) is 0 Å². The van der Waals surface area contributed by atoms with Crippen LogP contribution in [0, 0.1) is 0 Å². The largest absolute Gasteiger partial charge is 0.478 e. The average molecular weight is 205 g/mol. The minimum absolute atomic E-state index is 0.0922. The predicted molar refractivity (Wildman–Crippen MR) is 46.8 cm³/mol. The summed E-state index contributed by atoms with van der Waals surface area (Å²) >= 11 is 0. The molecule has 1 rings (SSSR count). The van der Waals surface area contributed by atoms with Gasteiger partial charge in [-0.05, 0) is 6.42 Å². The molecule has 0 aliphatic carbocycles. The Labute approximate surface area is 76.7 Å². The highest BCUT2D eigenvalue weighted by Crippen LogP contribution is 2.14. The van der Waals surface area contributed by atoms with Crippen molar-refractivity contribution in [1.29, 1.82) is 0 Å². The van der Waals surface area contributed by atoms with Gasteiger partial charge in [-0.15, -0.1) is 0 Å². The Hall–Kier alpha value is -0.880. The topological polar surface area (TPSA) is 74.7 Å². The van der Waals surface area contributed by atoms with E-state index in [2.05, 4.69) is 6.58 Å². The molecule has 0 aromatic carbocycles. The van der Waals surface area contributed by atoms with Gasteiger partial charge in [-0.25, -0.2) is 13.2 Å². The lowest BCUT2D eigenvalue weighted by molar-refractivity contribution is -0.132. The van der Waals surface area contributed by atoms with E-state index in [-0.39, 0.29) is 17.9 Å². The van der Waals surface area contributed by atoms with Crippen LogP contribution < -0.4 is 0 Å². The molecule has 0 bridgehead atoms. The second kappa shape index (κ2) is 3.47. The van der Waals surface area contributed by atoms with Gasteiger partial charge in [0.15, 0.2) is 0 Å². The van der Waals surface area contributed by atoms with Gasteiger partial charge in [-0.1, -0.05) is 6.58 Å². The fourth-order valence-corrected chi connectivity index (χ4v) is 2.66. The van der Waals surface area contributed by atoms with E-state index < -0.39 is 16.0 Å². The van der Waals surface area contributed by atoms with E-state index in [0.29, 0.717) is 13.0 Å². The standard InChI is InChI=1S/C7H11NO4S/c1-6(7(9)10)5-8-3-2-4-13(8,11)12/h1-5H2,(H,9,10). The summed E-state index contributed by atoms with van der Waals surface area (Å²) in [5.41, 5.74) is -0.0922. The van der Waals surface area contributed by atoms with Crippen molar-refractivity contribution in [3.63, 3.8) is 0 Å². The Morgan fingerprint density at radius 3 is 2.54 bits per heavy atom. The van der Waals surface area contributed by atoms with E-state index in [1.54, 1.807) is 0 Å². The van der Waals surface area contributed by atoms with Gasteiger partial charge in [0.25, 0.3) is 0 Å².